The van der Waals surface area contributed by atoms with Gasteiger partial charge < -0.3 is 0 Å². The summed E-state index contributed by atoms with van der Waals surface area (Å²) < 4.78 is 0. The number of rotatable bonds is 0. The molecule has 1 aliphatic rings. The van der Waals surface area contributed by atoms with Crippen LogP contribution in [0.5, 0.6) is 0 Å². The van der Waals surface area contributed by atoms with E-state index in [9.17, 15) is 0 Å². The van der Waals surface area contributed by atoms with Gasteiger partial charge in [-0.25, -0.2) is 0 Å². The van der Waals surface area contributed by atoms with Crippen molar-refractivity contribution in [2.75, 3.05) is 0 Å². The number of aromatic nitrogens is 1. The van der Waals surface area contributed by atoms with Crippen LogP contribution in [0.15, 0.2) is 72.8 Å². The molecule has 0 aliphatic heterocycles. The molecule has 26 heavy (non-hydrogen) atoms. The van der Waals surface area contributed by atoms with E-state index in [0.717, 1.165) is 17.6 Å². The molecule has 0 N–H and O–H groups in total. The predicted octanol–water partition coefficient (Wildman–Crippen LogP) is 6.42. The lowest BCUT2D eigenvalue weighted by Gasteiger charge is -2.11. The van der Waals surface area contributed by atoms with Crippen LogP contribution >= 0.6 is 0 Å². The summed E-state index contributed by atoms with van der Waals surface area (Å²) in [6.07, 6.45) is 0.983. The molecule has 0 fully saturated rings. The second kappa shape index (κ2) is 4.92. The summed E-state index contributed by atoms with van der Waals surface area (Å²) in [5.41, 5.74) is 7.86. The Balaban J connectivity index is 1.78. The Morgan fingerprint density at radius 1 is 0.731 bits per heavy atom. The summed E-state index contributed by atoms with van der Waals surface area (Å²) >= 11 is 0. The number of benzene rings is 4. The van der Waals surface area contributed by atoms with Gasteiger partial charge in [0.15, 0.2) is 0 Å². The first-order valence-electron chi connectivity index (χ1n) is 9.12. The first-order valence-corrected chi connectivity index (χ1v) is 9.12. The zero-order valence-corrected chi connectivity index (χ0v) is 14.6. The number of hydrogen-bond acceptors (Lipinski definition) is 1. The fourth-order valence-electron chi connectivity index (χ4n) is 4.54. The van der Waals surface area contributed by atoms with Gasteiger partial charge in [-0.2, -0.15) is 0 Å². The number of nitrogens with zero attached hydrogens (tertiary/aromatic N) is 1. The average Bonchev–Trinajstić information content (AvgIpc) is 3.05. The van der Waals surface area contributed by atoms with Crippen LogP contribution in [0.25, 0.3) is 43.6 Å². The second-order valence-electron chi connectivity index (χ2n) is 7.27. The van der Waals surface area contributed by atoms with Crippen molar-refractivity contribution < 1.29 is 0 Å². The van der Waals surface area contributed by atoms with Gasteiger partial charge in [-0.1, -0.05) is 66.7 Å². The molecule has 1 aliphatic carbocycles. The lowest BCUT2D eigenvalue weighted by atomic mass is 9.95. The van der Waals surface area contributed by atoms with E-state index in [1.54, 1.807) is 0 Å². The minimum atomic E-state index is 0.983. The molecule has 0 radical (unpaired) electrons. The van der Waals surface area contributed by atoms with Gasteiger partial charge >= 0.3 is 0 Å². The molecular weight excluding hydrogens is 314 g/mol. The summed E-state index contributed by atoms with van der Waals surface area (Å²) in [5, 5.41) is 6.40. The van der Waals surface area contributed by atoms with E-state index in [4.69, 9.17) is 4.98 Å². The third-order valence-electron chi connectivity index (χ3n) is 5.80. The maximum absolute atomic E-state index is 5.03. The third-order valence-corrected chi connectivity index (χ3v) is 5.80. The fourth-order valence-corrected chi connectivity index (χ4v) is 4.54. The summed E-state index contributed by atoms with van der Waals surface area (Å²) in [5.74, 6) is 0. The molecule has 0 unspecified atom stereocenters. The van der Waals surface area contributed by atoms with Crippen molar-refractivity contribution in [3.63, 3.8) is 0 Å². The largest absolute Gasteiger partial charge is 0.252 e. The van der Waals surface area contributed by atoms with E-state index in [1.807, 2.05) is 0 Å². The molecule has 122 valence electrons. The maximum Gasteiger partial charge on any atom is 0.0789 e. The van der Waals surface area contributed by atoms with Crippen molar-refractivity contribution >= 4 is 32.4 Å². The molecule has 0 atom stereocenters. The van der Waals surface area contributed by atoms with Crippen LogP contribution in [0.4, 0.5) is 0 Å². The Hall–Kier alpha value is -3.19. The van der Waals surface area contributed by atoms with E-state index in [-0.39, 0.29) is 0 Å². The molecular formula is C25H17N. The molecule has 0 bridgehead atoms. The number of fused-ring (bicyclic) bond motifs is 8. The van der Waals surface area contributed by atoms with Crippen LogP contribution in [-0.4, -0.2) is 4.98 Å². The lowest BCUT2D eigenvalue weighted by molar-refractivity contribution is 1.15. The van der Waals surface area contributed by atoms with E-state index < -0.39 is 0 Å². The highest BCUT2D eigenvalue weighted by molar-refractivity contribution is 6.12. The van der Waals surface area contributed by atoms with Gasteiger partial charge in [-0.05, 0) is 51.4 Å². The van der Waals surface area contributed by atoms with Gasteiger partial charge in [0.25, 0.3) is 0 Å². The molecule has 0 spiro atoms. The van der Waals surface area contributed by atoms with Gasteiger partial charge in [0.05, 0.1) is 5.52 Å². The minimum Gasteiger partial charge on any atom is -0.252 e. The zero-order chi connectivity index (χ0) is 17.3. The topological polar surface area (TPSA) is 12.9 Å². The Bertz CT molecular complexity index is 1360. The first kappa shape index (κ1) is 14.0. The van der Waals surface area contributed by atoms with Crippen molar-refractivity contribution in [1.29, 1.82) is 0 Å². The van der Waals surface area contributed by atoms with E-state index in [0.29, 0.717) is 0 Å². The Morgan fingerprint density at radius 3 is 2.31 bits per heavy atom. The molecule has 0 saturated carbocycles. The minimum absolute atomic E-state index is 0.983. The molecule has 1 heterocycles. The predicted molar refractivity (Wildman–Crippen MR) is 110 cm³/mol. The van der Waals surface area contributed by atoms with Crippen molar-refractivity contribution in [2.45, 2.75) is 13.3 Å². The Labute approximate surface area is 151 Å². The van der Waals surface area contributed by atoms with Gasteiger partial charge in [0.1, 0.15) is 0 Å². The smallest absolute Gasteiger partial charge is 0.0789 e. The SMILES string of the molecule is Cc1nc2c(ccc3ccccc32)c2c1Cc1cc3ccccc3cc1-2. The lowest BCUT2D eigenvalue weighted by Crippen LogP contribution is -1.94. The van der Waals surface area contributed by atoms with Crippen LogP contribution in [0.1, 0.15) is 16.8 Å². The fraction of sp³-hybridized carbons (Fsp3) is 0.0800. The van der Waals surface area contributed by atoms with Crippen molar-refractivity contribution in [3.05, 3.63) is 89.6 Å². The summed E-state index contributed by atoms with van der Waals surface area (Å²) in [7, 11) is 0. The molecule has 1 aromatic heterocycles. The van der Waals surface area contributed by atoms with Gasteiger partial charge in [0.2, 0.25) is 0 Å². The standard InChI is InChI=1S/C25H17N/c1-15-22-14-19-12-17-7-2-3-8-18(17)13-23(19)24(22)21-11-10-16-6-4-5-9-20(16)25(21)26-15/h2-13H,14H2,1H3. The summed E-state index contributed by atoms with van der Waals surface area (Å²) in [6.45, 7) is 2.16. The van der Waals surface area contributed by atoms with Crippen LogP contribution in [0, 0.1) is 6.92 Å². The molecule has 5 aromatic rings. The van der Waals surface area contributed by atoms with Gasteiger partial charge in [0, 0.05) is 22.9 Å². The number of aryl methyl sites for hydroxylation is 1. The van der Waals surface area contributed by atoms with E-state index in [2.05, 4.69) is 79.7 Å². The quantitative estimate of drug-likeness (QED) is 0.293. The second-order valence-corrected chi connectivity index (χ2v) is 7.27. The van der Waals surface area contributed by atoms with Crippen LogP contribution in [0.3, 0.4) is 0 Å². The third kappa shape index (κ3) is 1.78. The molecule has 0 saturated heterocycles. The number of hydrogen-bond donors (Lipinski definition) is 0. The average molecular weight is 331 g/mol. The maximum atomic E-state index is 5.03. The molecule has 1 heteroatoms. The van der Waals surface area contributed by atoms with Crippen LogP contribution < -0.4 is 0 Å². The summed E-state index contributed by atoms with van der Waals surface area (Å²) in [4.78, 5) is 5.03. The van der Waals surface area contributed by atoms with Crippen molar-refractivity contribution in [2.24, 2.45) is 0 Å². The van der Waals surface area contributed by atoms with E-state index >= 15 is 0 Å². The highest BCUT2D eigenvalue weighted by atomic mass is 14.7. The summed E-state index contributed by atoms with van der Waals surface area (Å²) in [6, 6.07) is 26.4. The van der Waals surface area contributed by atoms with Gasteiger partial charge in [-0.15, -0.1) is 0 Å². The highest BCUT2D eigenvalue weighted by Crippen LogP contribution is 2.44. The first-order chi connectivity index (χ1) is 12.8. The number of pyridine rings is 1. The Kier molecular flexibility index (Phi) is 2.66. The zero-order valence-electron chi connectivity index (χ0n) is 14.6. The Morgan fingerprint density at radius 2 is 1.46 bits per heavy atom. The normalized spacial score (nSPS) is 12.7. The molecule has 0 amide bonds. The van der Waals surface area contributed by atoms with Crippen molar-refractivity contribution in [3.8, 4) is 11.1 Å². The van der Waals surface area contributed by atoms with Crippen molar-refractivity contribution in [1.82, 2.24) is 4.98 Å². The van der Waals surface area contributed by atoms with E-state index in [1.165, 1.54) is 49.2 Å². The van der Waals surface area contributed by atoms with Gasteiger partial charge in [-0.3, -0.25) is 4.98 Å². The van der Waals surface area contributed by atoms with Crippen LogP contribution in [0.2, 0.25) is 0 Å². The van der Waals surface area contributed by atoms with Crippen LogP contribution in [-0.2, 0) is 6.42 Å². The monoisotopic (exact) mass is 331 g/mol. The molecule has 6 rings (SSSR count). The molecule has 1 nitrogen and oxygen atoms in total. The molecule has 4 aromatic carbocycles. The highest BCUT2D eigenvalue weighted by Gasteiger charge is 2.24.